The number of rotatable bonds is 13. The van der Waals surface area contributed by atoms with Crippen LogP contribution in [0.2, 0.25) is 0 Å². The first kappa shape index (κ1) is 30.8. The molecule has 1 aliphatic carbocycles. The Hall–Kier alpha value is -4.61. The summed E-state index contributed by atoms with van der Waals surface area (Å²) in [6.45, 7) is 1.68. The van der Waals surface area contributed by atoms with Crippen LogP contribution in [0.15, 0.2) is 72.8 Å². The molecule has 1 aliphatic rings. The summed E-state index contributed by atoms with van der Waals surface area (Å²) in [4.78, 5) is 26.9. The molecule has 3 aromatic carbocycles. The van der Waals surface area contributed by atoms with E-state index in [1.807, 2.05) is 48.5 Å². The zero-order valence-electron chi connectivity index (χ0n) is 24.9. The van der Waals surface area contributed by atoms with Crippen molar-refractivity contribution in [3.63, 3.8) is 0 Å². The van der Waals surface area contributed by atoms with Gasteiger partial charge in [0, 0.05) is 30.7 Å². The van der Waals surface area contributed by atoms with E-state index in [0.717, 1.165) is 53.7 Å². The van der Waals surface area contributed by atoms with Gasteiger partial charge in [0.15, 0.2) is 0 Å². The van der Waals surface area contributed by atoms with Crippen molar-refractivity contribution in [1.82, 2.24) is 25.9 Å². The minimum absolute atomic E-state index is 0.0856. The maximum absolute atomic E-state index is 13.6. The number of carbonyl (C=O) groups is 2. The van der Waals surface area contributed by atoms with Crippen LogP contribution in [0, 0.1) is 11.8 Å². The third kappa shape index (κ3) is 8.27. The number of hydrogen-bond donors (Lipinski definition) is 4. The molecule has 4 aromatic rings. The first-order chi connectivity index (χ1) is 21.5. The molecule has 0 bridgehead atoms. The monoisotopic (exact) mass is 597 g/mol. The van der Waals surface area contributed by atoms with E-state index in [9.17, 15) is 9.59 Å². The Morgan fingerprint density at radius 1 is 0.909 bits per heavy atom. The quantitative estimate of drug-likeness (QED) is 0.169. The van der Waals surface area contributed by atoms with Crippen LogP contribution < -0.4 is 21.1 Å². The highest BCUT2D eigenvalue weighted by Crippen LogP contribution is 2.29. The van der Waals surface area contributed by atoms with E-state index >= 15 is 0 Å². The minimum Gasteiger partial charge on any atom is -0.491 e. The van der Waals surface area contributed by atoms with Gasteiger partial charge in [-0.2, -0.15) is 5.21 Å². The van der Waals surface area contributed by atoms with Crippen molar-refractivity contribution in [2.45, 2.75) is 38.1 Å². The summed E-state index contributed by atoms with van der Waals surface area (Å²) >= 11 is 0. The number of carbonyl (C=O) groups excluding carboxylic acids is 2. The van der Waals surface area contributed by atoms with Crippen LogP contribution >= 0.6 is 0 Å². The van der Waals surface area contributed by atoms with Crippen molar-refractivity contribution in [2.24, 2.45) is 17.6 Å². The Morgan fingerprint density at radius 2 is 1.57 bits per heavy atom. The van der Waals surface area contributed by atoms with Gasteiger partial charge in [-0.15, -0.1) is 10.2 Å². The maximum Gasteiger partial charge on any atom is 0.247 e. The smallest absolute Gasteiger partial charge is 0.247 e. The third-order valence-electron chi connectivity index (χ3n) is 8.08. The highest BCUT2D eigenvalue weighted by atomic mass is 16.5. The molecular formula is C33H39N7O4. The Labute approximate surface area is 256 Å². The summed E-state index contributed by atoms with van der Waals surface area (Å²) in [7, 11) is 1.64. The Bertz CT molecular complexity index is 1470. The number of aromatic amines is 1. The van der Waals surface area contributed by atoms with Gasteiger partial charge >= 0.3 is 0 Å². The lowest BCUT2D eigenvalue weighted by Crippen LogP contribution is -2.48. The predicted molar refractivity (Wildman–Crippen MR) is 168 cm³/mol. The fourth-order valence-corrected chi connectivity index (χ4v) is 5.43. The number of aromatic nitrogens is 4. The number of H-pyrrole nitrogens is 1. The van der Waals surface area contributed by atoms with Crippen LogP contribution in [0.5, 0.6) is 5.75 Å². The number of ether oxygens (including phenoxy) is 2. The third-order valence-corrected chi connectivity index (χ3v) is 8.08. The first-order valence-electron chi connectivity index (χ1n) is 15.0. The van der Waals surface area contributed by atoms with Gasteiger partial charge < -0.3 is 25.8 Å². The van der Waals surface area contributed by atoms with Crippen LogP contribution in [0.1, 0.15) is 31.2 Å². The molecule has 1 atom stereocenters. The molecular weight excluding hydrogens is 558 g/mol. The molecule has 1 fully saturated rings. The topological polar surface area (TPSA) is 157 Å². The highest BCUT2D eigenvalue weighted by molar-refractivity contribution is 5.97. The lowest BCUT2D eigenvalue weighted by Gasteiger charge is -2.28. The maximum atomic E-state index is 13.6. The molecule has 0 unspecified atom stereocenters. The fraction of sp³-hybridized carbons (Fsp3) is 0.364. The van der Waals surface area contributed by atoms with Crippen LogP contribution in [-0.2, 0) is 20.7 Å². The molecule has 0 spiro atoms. The van der Waals surface area contributed by atoms with Gasteiger partial charge in [0.2, 0.25) is 17.6 Å². The van der Waals surface area contributed by atoms with Crippen LogP contribution in [0.25, 0.3) is 22.5 Å². The summed E-state index contributed by atoms with van der Waals surface area (Å²) in [6, 6.07) is 22.4. The predicted octanol–water partition coefficient (Wildman–Crippen LogP) is 3.99. The number of benzene rings is 3. The number of hydrogen-bond acceptors (Lipinski definition) is 8. The van der Waals surface area contributed by atoms with E-state index in [-0.39, 0.29) is 17.7 Å². The standard InChI is InChI=1S/C33H39N7O4/c1-43-18-19-44-29-16-12-25(13-17-29)24-6-2-22(3-7-24)20-30(36-32(41)27-8-4-23(21-34)5-9-27)33(42)35-28-14-10-26(11-15-28)31-37-39-40-38-31/h2-3,6-7,10-17,23,27,30H,4-5,8-9,18-21,34H2,1H3,(H,35,42)(H,36,41)(H,37,38,39,40)/t23-,27-,30-/m0/s1. The number of nitrogens with two attached hydrogens (primary N) is 1. The summed E-state index contributed by atoms with van der Waals surface area (Å²) in [5.41, 5.74) is 10.2. The molecule has 11 nitrogen and oxygen atoms in total. The highest BCUT2D eigenvalue weighted by Gasteiger charge is 2.29. The molecule has 1 saturated carbocycles. The molecule has 44 heavy (non-hydrogen) atoms. The van der Waals surface area contributed by atoms with Gasteiger partial charge in [0.25, 0.3) is 0 Å². The van der Waals surface area contributed by atoms with Crippen molar-refractivity contribution < 1.29 is 19.1 Å². The summed E-state index contributed by atoms with van der Waals surface area (Å²) < 4.78 is 10.7. The summed E-state index contributed by atoms with van der Waals surface area (Å²) in [5, 5.41) is 20.0. The van der Waals surface area contributed by atoms with E-state index in [4.69, 9.17) is 15.2 Å². The summed E-state index contributed by atoms with van der Waals surface area (Å²) in [6.07, 6.45) is 3.78. The van der Waals surface area contributed by atoms with Crippen LogP contribution in [0.4, 0.5) is 5.69 Å². The molecule has 11 heteroatoms. The molecule has 0 aliphatic heterocycles. The molecule has 2 amide bonds. The molecule has 5 N–H and O–H groups in total. The van der Waals surface area contributed by atoms with Crippen molar-refractivity contribution in [2.75, 3.05) is 32.2 Å². The van der Waals surface area contributed by atoms with E-state index in [0.29, 0.717) is 43.6 Å². The van der Waals surface area contributed by atoms with Gasteiger partial charge in [-0.05, 0) is 96.4 Å². The van der Waals surface area contributed by atoms with E-state index in [2.05, 4.69) is 31.3 Å². The Kier molecular flexibility index (Phi) is 10.7. The van der Waals surface area contributed by atoms with Crippen molar-refractivity contribution >= 4 is 17.5 Å². The van der Waals surface area contributed by atoms with Crippen LogP contribution in [0.3, 0.4) is 0 Å². The number of methoxy groups -OCH3 is 1. The average molecular weight is 598 g/mol. The minimum atomic E-state index is -0.749. The Morgan fingerprint density at radius 3 is 2.18 bits per heavy atom. The second-order valence-corrected chi connectivity index (χ2v) is 11.1. The van der Waals surface area contributed by atoms with Gasteiger partial charge in [-0.1, -0.05) is 36.4 Å². The van der Waals surface area contributed by atoms with Gasteiger partial charge in [0.05, 0.1) is 6.61 Å². The van der Waals surface area contributed by atoms with Crippen molar-refractivity contribution in [3.05, 3.63) is 78.4 Å². The van der Waals surface area contributed by atoms with Crippen molar-refractivity contribution in [1.29, 1.82) is 0 Å². The summed E-state index contributed by atoms with van der Waals surface area (Å²) in [5.74, 6) is 1.23. The fourth-order valence-electron chi connectivity index (χ4n) is 5.43. The van der Waals surface area contributed by atoms with E-state index < -0.39 is 6.04 Å². The SMILES string of the molecule is COCCOc1ccc(-c2ccc(C[C@H](NC(=O)[C@H]3CC[C@H](CN)CC3)C(=O)Nc3ccc(-c4nn[nH]n4)cc3)cc2)cc1. The zero-order valence-corrected chi connectivity index (χ0v) is 24.9. The number of nitrogens with zero attached hydrogens (tertiary/aromatic N) is 3. The van der Waals surface area contributed by atoms with Gasteiger partial charge in [-0.3, -0.25) is 9.59 Å². The largest absolute Gasteiger partial charge is 0.491 e. The molecule has 0 saturated heterocycles. The lowest BCUT2D eigenvalue weighted by atomic mass is 9.81. The molecule has 0 radical (unpaired) electrons. The number of tetrazole rings is 1. The van der Waals surface area contributed by atoms with E-state index in [1.165, 1.54) is 0 Å². The molecule has 5 rings (SSSR count). The number of amides is 2. The van der Waals surface area contributed by atoms with Gasteiger partial charge in [-0.25, -0.2) is 0 Å². The van der Waals surface area contributed by atoms with Gasteiger partial charge in [0.1, 0.15) is 18.4 Å². The molecule has 1 heterocycles. The lowest BCUT2D eigenvalue weighted by molar-refractivity contribution is -0.130. The second kappa shape index (κ2) is 15.2. The second-order valence-electron chi connectivity index (χ2n) is 11.1. The van der Waals surface area contributed by atoms with E-state index in [1.54, 1.807) is 31.4 Å². The normalized spacial score (nSPS) is 17.0. The average Bonchev–Trinajstić information content (AvgIpc) is 3.61. The van der Waals surface area contributed by atoms with Crippen molar-refractivity contribution in [3.8, 4) is 28.3 Å². The molecule has 1 aromatic heterocycles. The number of nitrogens with one attached hydrogen (secondary N) is 3. The molecule has 230 valence electrons. The van der Waals surface area contributed by atoms with Crippen LogP contribution in [-0.4, -0.2) is 65.3 Å². The number of anilines is 1. The Balaban J connectivity index is 1.26. The first-order valence-corrected chi connectivity index (χ1v) is 15.0. The zero-order chi connectivity index (χ0) is 30.7.